The van der Waals surface area contributed by atoms with Gasteiger partial charge in [0.2, 0.25) is 0 Å². The number of rotatable bonds is 2. The fourth-order valence-electron chi connectivity index (χ4n) is 2.54. The number of halogens is 1. The van der Waals surface area contributed by atoms with Crippen LogP contribution in [-0.4, -0.2) is 22.6 Å². The van der Waals surface area contributed by atoms with Gasteiger partial charge in [0.1, 0.15) is 5.82 Å². The van der Waals surface area contributed by atoms with Crippen LogP contribution in [0.3, 0.4) is 0 Å². The average Bonchev–Trinajstić information content (AvgIpc) is 2.89. The number of benzene rings is 1. The van der Waals surface area contributed by atoms with E-state index in [1.165, 1.54) is 0 Å². The molecule has 1 saturated heterocycles. The van der Waals surface area contributed by atoms with E-state index in [4.69, 9.17) is 11.6 Å². The zero-order chi connectivity index (χ0) is 12.4. The zero-order valence-electron chi connectivity index (χ0n) is 10.1. The van der Waals surface area contributed by atoms with Gasteiger partial charge in [-0.3, -0.25) is 0 Å². The first-order valence-corrected chi connectivity index (χ1v) is 6.72. The molecule has 1 aliphatic heterocycles. The maximum atomic E-state index is 6.05. The number of hydrogen-bond acceptors (Lipinski definition) is 2. The van der Waals surface area contributed by atoms with E-state index in [-0.39, 0.29) is 0 Å². The first-order valence-electron chi connectivity index (χ1n) is 6.34. The number of piperidine rings is 1. The molecule has 0 bridgehead atoms. The van der Waals surface area contributed by atoms with Crippen molar-refractivity contribution >= 4 is 11.6 Å². The summed E-state index contributed by atoms with van der Waals surface area (Å²) >= 11 is 6.05. The van der Waals surface area contributed by atoms with Gasteiger partial charge < -0.3 is 9.88 Å². The highest BCUT2D eigenvalue weighted by atomic mass is 35.5. The standard InChI is InChI=1S/C14H16ClN3/c15-12-3-1-2-11(10-12)14-17-8-9-18(14)13-4-6-16-7-5-13/h1-3,8-10,13,16H,4-7H2. The van der Waals surface area contributed by atoms with E-state index in [9.17, 15) is 0 Å². The lowest BCUT2D eigenvalue weighted by Crippen LogP contribution is -2.29. The molecule has 18 heavy (non-hydrogen) atoms. The van der Waals surface area contributed by atoms with Gasteiger partial charge in [-0.1, -0.05) is 23.7 Å². The monoisotopic (exact) mass is 261 g/mol. The van der Waals surface area contributed by atoms with Gasteiger partial charge >= 0.3 is 0 Å². The molecule has 1 aliphatic rings. The van der Waals surface area contributed by atoms with Crippen molar-refractivity contribution in [2.24, 2.45) is 0 Å². The van der Waals surface area contributed by atoms with Crippen LogP contribution in [0.4, 0.5) is 0 Å². The molecule has 2 heterocycles. The average molecular weight is 262 g/mol. The Labute approximate surface area is 112 Å². The number of nitrogens with zero attached hydrogens (tertiary/aromatic N) is 2. The van der Waals surface area contributed by atoms with Gasteiger partial charge in [-0.25, -0.2) is 4.98 Å². The Kier molecular flexibility index (Phi) is 3.35. The van der Waals surface area contributed by atoms with Crippen molar-refractivity contribution in [2.45, 2.75) is 18.9 Å². The summed E-state index contributed by atoms with van der Waals surface area (Å²) in [5.41, 5.74) is 1.09. The van der Waals surface area contributed by atoms with Crippen molar-refractivity contribution in [3.05, 3.63) is 41.7 Å². The van der Waals surface area contributed by atoms with Gasteiger partial charge in [-0.15, -0.1) is 0 Å². The Balaban J connectivity index is 1.95. The molecule has 0 saturated carbocycles. The quantitative estimate of drug-likeness (QED) is 0.900. The third kappa shape index (κ3) is 2.28. The Morgan fingerprint density at radius 3 is 2.89 bits per heavy atom. The van der Waals surface area contributed by atoms with Gasteiger partial charge in [0, 0.05) is 29.0 Å². The van der Waals surface area contributed by atoms with E-state index >= 15 is 0 Å². The molecule has 0 aliphatic carbocycles. The van der Waals surface area contributed by atoms with E-state index in [2.05, 4.69) is 27.1 Å². The Hall–Kier alpha value is -1.32. The van der Waals surface area contributed by atoms with Crippen LogP contribution in [0.1, 0.15) is 18.9 Å². The maximum absolute atomic E-state index is 6.05. The minimum absolute atomic E-state index is 0.544. The second-order valence-electron chi connectivity index (χ2n) is 4.65. The second kappa shape index (κ2) is 5.12. The summed E-state index contributed by atoms with van der Waals surface area (Å²) in [6.07, 6.45) is 6.26. The summed E-state index contributed by atoms with van der Waals surface area (Å²) in [6, 6.07) is 8.44. The molecular formula is C14H16ClN3. The van der Waals surface area contributed by atoms with Crippen LogP contribution in [0.15, 0.2) is 36.7 Å². The van der Waals surface area contributed by atoms with E-state index in [1.54, 1.807) is 0 Å². The van der Waals surface area contributed by atoms with Gasteiger partial charge in [0.15, 0.2) is 0 Å². The van der Waals surface area contributed by atoms with Crippen LogP contribution in [-0.2, 0) is 0 Å². The van der Waals surface area contributed by atoms with Crippen LogP contribution in [0.25, 0.3) is 11.4 Å². The lowest BCUT2D eigenvalue weighted by atomic mass is 10.1. The van der Waals surface area contributed by atoms with Crippen molar-refractivity contribution in [3.8, 4) is 11.4 Å². The fourth-order valence-corrected chi connectivity index (χ4v) is 2.73. The fraction of sp³-hybridized carbons (Fsp3) is 0.357. The molecule has 4 heteroatoms. The van der Waals surface area contributed by atoms with E-state index in [1.807, 2.05) is 24.4 Å². The van der Waals surface area contributed by atoms with Crippen molar-refractivity contribution in [1.29, 1.82) is 0 Å². The molecule has 0 amide bonds. The van der Waals surface area contributed by atoms with Gasteiger partial charge in [0.05, 0.1) is 0 Å². The predicted molar refractivity (Wildman–Crippen MR) is 73.8 cm³/mol. The van der Waals surface area contributed by atoms with Crippen LogP contribution in [0.2, 0.25) is 5.02 Å². The van der Waals surface area contributed by atoms with Crippen molar-refractivity contribution in [3.63, 3.8) is 0 Å². The molecule has 2 aromatic rings. The molecule has 1 fully saturated rings. The lowest BCUT2D eigenvalue weighted by molar-refractivity contribution is 0.370. The van der Waals surface area contributed by atoms with Gasteiger partial charge in [-0.2, -0.15) is 0 Å². The number of aromatic nitrogens is 2. The largest absolute Gasteiger partial charge is 0.328 e. The first kappa shape index (κ1) is 11.8. The van der Waals surface area contributed by atoms with E-state index < -0.39 is 0 Å². The Bertz CT molecular complexity index is 529. The minimum Gasteiger partial charge on any atom is -0.328 e. The highest BCUT2D eigenvalue weighted by Crippen LogP contribution is 2.27. The molecule has 3 nitrogen and oxygen atoms in total. The first-order chi connectivity index (χ1) is 8.84. The SMILES string of the molecule is Clc1cccc(-c2nccn2C2CCNCC2)c1. The highest BCUT2D eigenvalue weighted by molar-refractivity contribution is 6.30. The predicted octanol–water partition coefficient (Wildman–Crippen LogP) is 3.13. The van der Waals surface area contributed by atoms with Crippen LogP contribution >= 0.6 is 11.6 Å². The zero-order valence-corrected chi connectivity index (χ0v) is 10.9. The lowest BCUT2D eigenvalue weighted by Gasteiger charge is -2.25. The van der Waals surface area contributed by atoms with Crippen LogP contribution in [0.5, 0.6) is 0 Å². The van der Waals surface area contributed by atoms with Crippen molar-refractivity contribution in [1.82, 2.24) is 14.9 Å². The number of imidazole rings is 1. The molecule has 0 spiro atoms. The minimum atomic E-state index is 0.544. The third-order valence-electron chi connectivity index (χ3n) is 3.45. The summed E-state index contributed by atoms with van der Waals surface area (Å²) in [6.45, 7) is 2.16. The molecule has 0 unspecified atom stereocenters. The maximum Gasteiger partial charge on any atom is 0.140 e. The molecule has 0 atom stereocenters. The van der Waals surface area contributed by atoms with Gasteiger partial charge in [-0.05, 0) is 38.1 Å². The molecule has 94 valence electrons. The Morgan fingerprint density at radius 1 is 1.28 bits per heavy atom. The normalized spacial score (nSPS) is 16.9. The van der Waals surface area contributed by atoms with Crippen LogP contribution < -0.4 is 5.32 Å². The highest BCUT2D eigenvalue weighted by Gasteiger charge is 2.18. The summed E-state index contributed by atoms with van der Waals surface area (Å²) in [4.78, 5) is 4.49. The van der Waals surface area contributed by atoms with E-state index in [0.717, 1.165) is 42.3 Å². The van der Waals surface area contributed by atoms with Gasteiger partial charge in [0.25, 0.3) is 0 Å². The summed E-state index contributed by atoms with van der Waals surface area (Å²) in [5.74, 6) is 1.02. The molecule has 1 aromatic heterocycles. The van der Waals surface area contributed by atoms with Crippen molar-refractivity contribution < 1.29 is 0 Å². The smallest absolute Gasteiger partial charge is 0.140 e. The summed E-state index contributed by atoms with van der Waals surface area (Å²) < 4.78 is 2.28. The topological polar surface area (TPSA) is 29.9 Å². The third-order valence-corrected chi connectivity index (χ3v) is 3.69. The Morgan fingerprint density at radius 2 is 2.11 bits per heavy atom. The van der Waals surface area contributed by atoms with Crippen LogP contribution in [0, 0.1) is 0 Å². The molecule has 3 rings (SSSR count). The van der Waals surface area contributed by atoms with Crippen molar-refractivity contribution in [2.75, 3.05) is 13.1 Å². The summed E-state index contributed by atoms with van der Waals surface area (Å²) in [5, 5.41) is 4.15. The molecule has 1 N–H and O–H groups in total. The second-order valence-corrected chi connectivity index (χ2v) is 5.09. The van der Waals surface area contributed by atoms with E-state index in [0.29, 0.717) is 6.04 Å². The number of nitrogens with one attached hydrogen (secondary N) is 1. The molecule has 1 aromatic carbocycles. The molecule has 0 radical (unpaired) electrons. The molecular weight excluding hydrogens is 246 g/mol. The summed E-state index contributed by atoms with van der Waals surface area (Å²) in [7, 11) is 0. The number of hydrogen-bond donors (Lipinski definition) is 1.